The minimum atomic E-state index is -3.28. The van der Waals surface area contributed by atoms with Crippen molar-refractivity contribution in [1.29, 1.82) is 0 Å². The molecule has 0 aliphatic rings. The number of hydrogen-bond donors (Lipinski definition) is 1. The Bertz CT molecular complexity index is 513. The van der Waals surface area contributed by atoms with Crippen LogP contribution in [0.1, 0.15) is 32.3 Å². The van der Waals surface area contributed by atoms with Crippen LogP contribution < -0.4 is 0 Å². The van der Waals surface area contributed by atoms with E-state index in [1.165, 1.54) is 12.1 Å². The molecule has 1 N–H and O–H groups in total. The van der Waals surface area contributed by atoms with Gasteiger partial charge in [-0.05, 0) is 23.6 Å². The van der Waals surface area contributed by atoms with Crippen LogP contribution in [-0.4, -0.2) is 25.2 Å². The topological polar surface area (TPSA) is 71.4 Å². The predicted molar refractivity (Wildman–Crippen MR) is 73.9 cm³/mol. The summed E-state index contributed by atoms with van der Waals surface area (Å²) in [5.41, 5.74) is 0.606. The largest absolute Gasteiger partial charge is 0.481 e. The van der Waals surface area contributed by atoms with Gasteiger partial charge in [0.15, 0.2) is 9.84 Å². The van der Waals surface area contributed by atoms with Crippen molar-refractivity contribution < 1.29 is 18.3 Å². The first-order valence-electron chi connectivity index (χ1n) is 6.42. The molecule has 0 fully saturated rings. The van der Waals surface area contributed by atoms with Crippen LogP contribution in [0.25, 0.3) is 0 Å². The zero-order valence-electron chi connectivity index (χ0n) is 11.3. The van der Waals surface area contributed by atoms with Gasteiger partial charge in [0.25, 0.3) is 0 Å². The molecule has 0 aliphatic carbocycles. The van der Waals surface area contributed by atoms with Crippen LogP contribution in [0.2, 0.25) is 0 Å². The summed E-state index contributed by atoms with van der Waals surface area (Å²) in [5, 5.41) is 8.66. The van der Waals surface area contributed by atoms with Crippen molar-refractivity contribution in [1.82, 2.24) is 0 Å². The van der Waals surface area contributed by atoms with Gasteiger partial charge in [0, 0.05) is 0 Å². The fraction of sp³-hybridized carbons (Fsp3) is 0.500. The molecular weight excluding hydrogens is 264 g/mol. The number of carbonyl (C=O) groups is 1. The smallest absolute Gasteiger partial charge is 0.307 e. The molecule has 1 aromatic carbocycles. The van der Waals surface area contributed by atoms with Crippen LogP contribution in [0.4, 0.5) is 0 Å². The van der Waals surface area contributed by atoms with E-state index < -0.39 is 15.8 Å². The number of aliphatic carboxylic acids is 1. The number of benzene rings is 1. The summed E-state index contributed by atoms with van der Waals surface area (Å²) in [6, 6.07) is 6.12. The summed E-state index contributed by atoms with van der Waals surface area (Å²) in [7, 11) is -3.28. The molecule has 0 aliphatic heterocycles. The van der Waals surface area contributed by atoms with E-state index in [0.717, 1.165) is 12.8 Å². The molecule has 0 aromatic heterocycles. The fourth-order valence-corrected chi connectivity index (χ4v) is 3.76. The lowest BCUT2D eigenvalue weighted by Crippen LogP contribution is -2.15. The summed E-state index contributed by atoms with van der Waals surface area (Å²) in [6.07, 6.45) is 1.59. The van der Waals surface area contributed by atoms with Gasteiger partial charge >= 0.3 is 5.97 Å². The van der Waals surface area contributed by atoms with Crippen molar-refractivity contribution in [3.05, 3.63) is 29.8 Å². The fourth-order valence-electron chi connectivity index (χ4n) is 1.92. The highest BCUT2D eigenvalue weighted by Gasteiger charge is 2.19. The highest BCUT2D eigenvalue weighted by molar-refractivity contribution is 7.91. The van der Waals surface area contributed by atoms with E-state index in [0.29, 0.717) is 5.56 Å². The van der Waals surface area contributed by atoms with Gasteiger partial charge in [-0.25, -0.2) is 8.42 Å². The molecule has 0 saturated carbocycles. The minimum Gasteiger partial charge on any atom is -0.481 e. The average molecular weight is 284 g/mol. The third kappa shape index (κ3) is 4.67. The minimum absolute atomic E-state index is 0.0904. The van der Waals surface area contributed by atoms with Gasteiger partial charge in [-0.2, -0.15) is 0 Å². The molecule has 1 aromatic rings. The maximum absolute atomic E-state index is 12.2. The van der Waals surface area contributed by atoms with E-state index in [1.54, 1.807) is 12.1 Å². The lowest BCUT2D eigenvalue weighted by atomic mass is 10.1. The summed E-state index contributed by atoms with van der Waals surface area (Å²) < 4.78 is 24.4. The lowest BCUT2D eigenvalue weighted by molar-refractivity contribution is -0.136. The maximum Gasteiger partial charge on any atom is 0.307 e. The molecule has 0 atom stereocenters. The summed E-state index contributed by atoms with van der Waals surface area (Å²) in [6.45, 7) is 3.97. The van der Waals surface area contributed by atoms with E-state index in [2.05, 4.69) is 0 Å². The van der Waals surface area contributed by atoms with Crippen LogP contribution in [0.5, 0.6) is 0 Å². The second kappa shape index (κ2) is 6.70. The van der Waals surface area contributed by atoms with Crippen LogP contribution >= 0.6 is 0 Å². The molecule has 4 nitrogen and oxygen atoms in total. The summed E-state index contributed by atoms with van der Waals surface area (Å²) in [4.78, 5) is 10.8. The van der Waals surface area contributed by atoms with E-state index in [1.807, 2.05) is 13.8 Å². The first kappa shape index (κ1) is 15.7. The van der Waals surface area contributed by atoms with Gasteiger partial charge in [-0.3, -0.25) is 4.79 Å². The van der Waals surface area contributed by atoms with Crippen molar-refractivity contribution in [2.75, 3.05) is 5.75 Å². The van der Waals surface area contributed by atoms with Gasteiger partial charge in [-0.15, -0.1) is 0 Å². The van der Waals surface area contributed by atoms with E-state index in [-0.39, 0.29) is 23.0 Å². The van der Waals surface area contributed by atoms with Crippen LogP contribution in [0.3, 0.4) is 0 Å². The molecule has 0 saturated heterocycles. The number of rotatable bonds is 7. The molecule has 19 heavy (non-hydrogen) atoms. The average Bonchev–Trinajstić information content (AvgIpc) is 2.36. The van der Waals surface area contributed by atoms with Gasteiger partial charge in [-0.1, -0.05) is 38.8 Å². The number of carboxylic acid groups (broad SMARTS) is 1. The molecule has 106 valence electrons. The highest BCUT2D eigenvalue weighted by atomic mass is 32.2. The second-order valence-electron chi connectivity index (χ2n) is 4.68. The molecular formula is C14H20O4S. The van der Waals surface area contributed by atoms with E-state index in [4.69, 9.17) is 5.11 Å². The zero-order valence-corrected chi connectivity index (χ0v) is 12.1. The number of carboxylic acids is 1. The first-order chi connectivity index (χ1) is 8.89. The van der Waals surface area contributed by atoms with Gasteiger partial charge in [0.1, 0.15) is 0 Å². The Morgan fingerprint density at radius 2 is 1.68 bits per heavy atom. The molecule has 0 radical (unpaired) electrons. The molecule has 0 amide bonds. The van der Waals surface area contributed by atoms with Crippen molar-refractivity contribution >= 4 is 15.8 Å². The summed E-state index contributed by atoms with van der Waals surface area (Å²) in [5.74, 6) is -0.602. The van der Waals surface area contributed by atoms with Crippen LogP contribution in [-0.2, 0) is 21.1 Å². The number of sulfone groups is 1. The molecule has 5 heteroatoms. The quantitative estimate of drug-likeness (QED) is 0.835. The Morgan fingerprint density at radius 1 is 1.16 bits per heavy atom. The SMILES string of the molecule is CCC(CC)CS(=O)(=O)c1ccc(CC(=O)O)cc1. The van der Waals surface area contributed by atoms with Crippen LogP contribution in [0, 0.1) is 5.92 Å². The maximum atomic E-state index is 12.2. The molecule has 0 bridgehead atoms. The Morgan fingerprint density at radius 3 is 2.11 bits per heavy atom. The monoisotopic (exact) mass is 284 g/mol. The Balaban J connectivity index is 2.87. The van der Waals surface area contributed by atoms with Crippen molar-refractivity contribution in [2.45, 2.75) is 38.0 Å². The Hall–Kier alpha value is -1.36. The van der Waals surface area contributed by atoms with Crippen molar-refractivity contribution in [3.63, 3.8) is 0 Å². The normalized spacial score (nSPS) is 11.7. The third-order valence-corrected chi connectivity index (χ3v) is 5.15. The first-order valence-corrected chi connectivity index (χ1v) is 8.07. The summed E-state index contributed by atoms with van der Waals surface area (Å²) >= 11 is 0. The predicted octanol–water partition coefficient (Wildman–Crippen LogP) is 2.52. The molecule has 0 heterocycles. The Labute approximate surface area is 114 Å². The van der Waals surface area contributed by atoms with Gasteiger partial charge in [0.05, 0.1) is 17.1 Å². The molecule has 0 spiro atoms. The highest BCUT2D eigenvalue weighted by Crippen LogP contribution is 2.18. The van der Waals surface area contributed by atoms with Crippen molar-refractivity contribution in [3.8, 4) is 0 Å². The van der Waals surface area contributed by atoms with Crippen molar-refractivity contribution in [2.24, 2.45) is 5.92 Å². The second-order valence-corrected chi connectivity index (χ2v) is 6.71. The Kier molecular flexibility index (Phi) is 5.54. The van der Waals surface area contributed by atoms with Gasteiger partial charge < -0.3 is 5.11 Å². The van der Waals surface area contributed by atoms with E-state index >= 15 is 0 Å². The van der Waals surface area contributed by atoms with Gasteiger partial charge in [0.2, 0.25) is 0 Å². The van der Waals surface area contributed by atoms with Crippen LogP contribution in [0.15, 0.2) is 29.2 Å². The number of hydrogen-bond acceptors (Lipinski definition) is 3. The van der Waals surface area contributed by atoms with E-state index in [9.17, 15) is 13.2 Å². The third-order valence-electron chi connectivity index (χ3n) is 3.25. The zero-order chi connectivity index (χ0) is 14.5. The standard InChI is InChI=1S/C14H20O4S/c1-3-11(4-2)10-19(17,18)13-7-5-12(6-8-13)9-14(15)16/h5-8,11H,3-4,9-10H2,1-2H3,(H,15,16). The lowest BCUT2D eigenvalue weighted by Gasteiger charge is -2.12. The molecule has 1 rings (SSSR count). The molecule has 0 unspecified atom stereocenters.